The van der Waals surface area contributed by atoms with E-state index < -0.39 is 0 Å². The Morgan fingerprint density at radius 2 is 1.62 bits per heavy atom. The van der Waals surface area contributed by atoms with Crippen LogP contribution in [0.1, 0.15) is 59.8 Å². The van der Waals surface area contributed by atoms with Gasteiger partial charge in [0.25, 0.3) is 0 Å². The molecular weight excluding hydrogens is 160 g/mol. The maximum atomic E-state index is 6.14. The summed E-state index contributed by atoms with van der Waals surface area (Å²) in [5.41, 5.74) is 0.0575. The van der Waals surface area contributed by atoms with Crippen molar-refractivity contribution in [2.24, 2.45) is 5.92 Å². The van der Waals surface area contributed by atoms with Crippen molar-refractivity contribution in [1.82, 2.24) is 0 Å². The summed E-state index contributed by atoms with van der Waals surface area (Å²) in [6.07, 6.45) is 7.21. The summed E-state index contributed by atoms with van der Waals surface area (Å²) in [5, 5.41) is 0. The van der Waals surface area contributed by atoms with E-state index in [0.717, 1.165) is 0 Å². The van der Waals surface area contributed by atoms with Crippen LogP contribution >= 0.6 is 0 Å². The molecule has 1 nitrogen and oxygen atoms in total. The van der Waals surface area contributed by atoms with Crippen LogP contribution in [0, 0.1) is 5.92 Å². The lowest BCUT2D eigenvalue weighted by Crippen LogP contribution is -2.36. The minimum absolute atomic E-state index is 0.0575. The molecule has 1 saturated carbocycles. The van der Waals surface area contributed by atoms with Crippen LogP contribution in [-0.4, -0.2) is 11.7 Å². The van der Waals surface area contributed by atoms with E-state index in [0.29, 0.717) is 12.0 Å². The second-order valence-electron chi connectivity index (χ2n) is 5.14. The fourth-order valence-electron chi connectivity index (χ4n) is 1.75. The van der Waals surface area contributed by atoms with Crippen molar-refractivity contribution in [2.75, 3.05) is 0 Å². The van der Waals surface area contributed by atoms with Gasteiger partial charge in [0, 0.05) is 0 Å². The second kappa shape index (κ2) is 4.45. The van der Waals surface area contributed by atoms with Crippen molar-refractivity contribution in [3.05, 3.63) is 0 Å². The zero-order valence-electron chi connectivity index (χ0n) is 9.60. The Hall–Kier alpha value is -0.0400. The molecule has 0 unspecified atom stereocenters. The van der Waals surface area contributed by atoms with Crippen LogP contribution in [0.5, 0.6) is 0 Å². The normalized spacial score (nSPS) is 21.0. The number of hydrogen-bond donors (Lipinski definition) is 0. The molecule has 0 aromatic heterocycles. The molecule has 0 aromatic carbocycles. The van der Waals surface area contributed by atoms with Crippen LogP contribution in [0.15, 0.2) is 0 Å². The Labute approximate surface area is 82.9 Å². The molecule has 0 radical (unpaired) electrons. The summed E-state index contributed by atoms with van der Waals surface area (Å²) in [6, 6.07) is 0. The minimum atomic E-state index is 0.0575. The second-order valence-corrected chi connectivity index (χ2v) is 5.14. The third-order valence-electron chi connectivity index (χ3n) is 3.41. The standard InChI is InChI=1S/C12H24O/c1-10(2)12(3,4)13-11-8-6-5-7-9-11/h10-11H,5-9H2,1-4H3. The van der Waals surface area contributed by atoms with Crippen LogP contribution in [0.4, 0.5) is 0 Å². The zero-order valence-corrected chi connectivity index (χ0v) is 9.60. The molecule has 78 valence electrons. The third-order valence-corrected chi connectivity index (χ3v) is 3.41. The van der Waals surface area contributed by atoms with Crippen molar-refractivity contribution in [1.29, 1.82) is 0 Å². The van der Waals surface area contributed by atoms with Gasteiger partial charge in [0.1, 0.15) is 0 Å². The van der Waals surface area contributed by atoms with Crippen LogP contribution < -0.4 is 0 Å². The molecule has 1 fully saturated rings. The van der Waals surface area contributed by atoms with E-state index in [-0.39, 0.29) is 5.60 Å². The monoisotopic (exact) mass is 184 g/mol. The van der Waals surface area contributed by atoms with E-state index in [1.807, 2.05) is 0 Å². The lowest BCUT2D eigenvalue weighted by Gasteiger charge is -2.35. The van der Waals surface area contributed by atoms with Gasteiger partial charge in [0.05, 0.1) is 11.7 Å². The van der Waals surface area contributed by atoms with Crippen molar-refractivity contribution in [2.45, 2.75) is 71.5 Å². The highest BCUT2D eigenvalue weighted by Crippen LogP contribution is 2.28. The van der Waals surface area contributed by atoms with Gasteiger partial charge in [-0.3, -0.25) is 0 Å². The summed E-state index contributed by atoms with van der Waals surface area (Å²) in [4.78, 5) is 0. The lowest BCUT2D eigenvalue weighted by atomic mass is 9.92. The van der Waals surface area contributed by atoms with Gasteiger partial charge in [-0.1, -0.05) is 33.1 Å². The molecule has 0 heterocycles. The highest BCUT2D eigenvalue weighted by molar-refractivity contribution is 4.76. The number of rotatable bonds is 3. The SMILES string of the molecule is CC(C)C(C)(C)OC1CCCCC1. The zero-order chi connectivity index (χ0) is 9.90. The molecule has 1 aliphatic carbocycles. The first-order chi connectivity index (χ1) is 6.02. The molecule has 0 aromatic rings. The summed E-state index contributed by atoms with van der Waals surface area (Å²) < 4.78 is 6.14. The van der Waals surface area contributed by atoms with Crippen molar-refractivity contribution in [3.63, 3.8) is 0 Å². The van der Waals surface area contributed by atoms with E-state index in [9.17, 15) is 0 Å². The first kappa shape index (κ1) is 11.0. The molecule has 0 N–H and O–H groups in total. The van der Waals surface area contributed by atoms with E-state index in [1.165, 1.54) is 32.1 Å². The highest BCUT2D eigenvalue weighted by atomic mass is 16.5. The fraction of sp³-hybridized carbons (Fsp3) is 1.00. The first-order valence-corrected chi connectivity index (χ1v) is 5.70. The van der Waals surface area contributed by atoms with E-state index in [2.05, 4.69) is 27.7 Å². The maximum Gasteiger partial charge on any atom is 0.0653 e. The van der Waals surface area contributed by atoms with Gasteiger partial charge in [-0.15, -0.1) is 0 Å². The molecule has 13 heavy (non-hydrogen) atoms. The Bertz CT molecular complexity index is 143. The van der Waals surface area contributed by atoms with Crippen LogP contribution in [0.25, 0.3) is 0 Å². The smallest absolute Gasteiger partial charge is 0.0653 e. The lowest BCUT2D eigenvalue weighted by molar-refractivity contribution is -0.108. The van der Waals surface area contributed by atoms with Gasteiger partial charge in [-0.25, -0.2) is 0 Å². The Kier molecular flexibility index (Phi) is 3.78. The summed E-state index contributed by atoms with van der Waals surface area (Å²) in [5.74, 6) is 0.606. The first-order valence-electron chi connectivity index (χ1n) is 5.70. The van der Waals surface area contributed by atoms with Crippen LogP contribution in [0.3, 0.4) is 0 Å². The summed E-state index contributed by atoms with van der Waals surface area (Å²) >= 11 is 0. The van der Waals surface area contributed by atoms with Gasteiger partial charge in [0.15, 0.2) is 0 Å². The quantitative estimate of drug-likeness (QED) is 0.648. The topological polar surface area (TPSA) is 9.23 Å². The molecule has 1 aliphatic rings. The molecular formula is C12H24O. The van der Waals surface area contributed by atoms with E-state index >= 15 is 0 Å². The average molecular weight is 184 g/mol. The average Bonchev–Trinajstić information content (AvgIpc) is 2.05. The van der Waals surface area contributed by atoms with Crippen molar-refractivity contribution >= 4 is 0 Å². The van der Waals surface area contributed by atoms with Crippen LogP contribution in [-0.2, 0) is 4.74 Å². The van der Waals surface area contributed by atoms with Gasteiger partial charge in [0.2, 0.25) is 0 Å². The van der Waals surface area contributed by atoms with E-state index in [1.54, 1.807) is 0 Å². The third kappa shape index (κ3) is 3.30. The van der Waals surface area contributed by atoms with Crippen molar-refractivity contribution in [3.8, 4) is 0 Å². The Balaban J connectivity index is 2.37. The molecule has 0 atom stereocenters. The molecule has 0 bridgehead atoms. The summed E-state index contributed by atoms with van der Waals surface area (Å²) in [7, 11) is 0. The number of ether oxygens (including phenoxy) is 1. The number of hydrogen-bond acceptors (Lipinski definition) is 1. The predicted octanol–water partition coefficient (Wildman–Crippen LogP) is 3.77. The molecule has 1 rings (SSSR count). The predicted molar refractivity (Wildman–Crippen MR) is 56.9 cm³/mol. The minimum Gasteiger partial charge on any atom is -0.372 e. The van der Waals surface area contributed by atoms with E-state index in [4.69, 9.17) is 4.74 Å². The van der Waals surface area contributed by atoms with Gasteiger partial charge >= 0.3 is 0 Å². The van der Waals surface area contributed by atoms with Gasteiger partial charge < -0.3 is 4.74 Å². The van der Waals surface area contributed by atoms with Crippen molar-refractivity contribution < 1.29 is 4.74 Å². The van der Waals surface area contributed by atoms with Crippen LogP contribution in [0.2, 0.25) is 0 Å². The van der Waals surface area contributed by atoms with Gasteiger partial charge in [-0.05, 0) is 32.6 Å². The highest BCUT2D eigenvalue weighted by Gasteiger charge is 2.27. The Morgan fingerprint density at radius 3 is 2.08 bits per heavy atom. The molecule has 0 aliphatic heterocycles. The molecule has 0 amide bonds. The Morgan fingerprint density at radius 1 is 1.08 bits per heavy atom. The fourth-order valence-corrected chi connectivity index (χ4v) is 1.75. The molecule has 0 spiro atoms. The maximum absolute atomic E-state index is 6.14. The largest absolute Gasteiger partial charge is 0.372 e. The molecule has 0 saturated heterocycles. The van der Waals surface area contributed by atoms with Gasteiger partial charge in [-0.2, -0.15) is 0 Å². The summed E-state index contributed by atoms with van der Waals surface area (Å²) in [6.45, 7) is 8.91. The molecule has 1 heteroatoms.